The van der Waals surface area contributed by atoms with E-state index in [0.29, 0.717) is 46.1 Å². The smallest absolute Gasteiger partial charge is 0.224 e. The van der Waals surface area contributed by atoms with E-state index in [9.17, 15) is 17.6 Å². The van der Waals surface area contributed by atoms with Crippen molar-refractivity contribution in [3.05, 3.63) is 84.4 Å². The van der Waals surface area contributed by atoms with Crippen LogP contribution in [0, 0.1) is 11.7 Å². The topological polar surface area (TPSA) is 146 Å². The highest BCUT2D eigenvalue weighted by molar-refractivity contribution is 7.88. The molecule has 12 heteroatoms. The molecular formula is C35H34FN7O3S. The first-order valence-corrected chi connectivity index (χ1v) is 17.5. The van der Waals surface area contributed by atoms with Crippen LogP contribution in [-0.4, -0.2) is 45.7 Å². The summed E-state index contributed by atoms with van der Waals surface area (Å²) < 4.78 is 40.3. The van der Waals surface area contributed by atoms with Gasteiger partial charge < -0.3 is 10.3 Å². The zero-order chi connectivity index (χ0) is 32.5. The molecule has 4 aromatic heterocycles. The van der Waals surface area contributed by atoms with E-state index in [1.54, 1.807) is 18.5 Å². The number of carbonyl (C=O) groups is 1. The van der Waals surface area contributed by atoms with Gasteiger partial charge in [-0.2, -0.15) is 5.10 Å². The minimum atomic E-state index is -3.43. The summed E-state index contributed by atoms with van der Waals surface area (Å²) in [5.74, 6) is -0.00713. The van der Waals surface area contributed by atoms with Gasteiger partial charge in [0.05, 0.1) is 35.0 Å². The lowest BCUT2D eigenvalue weighted by atomic mass is 9.87. The monoisotopic (exact) mass is 651 g/mol. The summed E-state index contributed by atoms with van der Waals surface area (Å²) in [5, 5.41) is 11.5. The molecular weight excluding hydrogens is 617 g/mol. The molecule has 1 aliphatic rings. The number of hydrogen-bond acceptors (Lipinski definition) is 6. The van der Waals surface area contributed by atoms with E-state index in [1.807, 2.05) is 42.5 Å². The fraction of sp³-hybridized carbons (Fsp3) is 0.257. The lowest BCUT2D eigenvalue weighted by molar-refractivity contribution is -0.117. The van der Waals surface area contributed by atoms with Gasteiger partial charge >= 0.3 is 0 Å². The Labute approximate surface area is 271 Å². The van der Waals surface area contributed by atoms with Crippen LogP contribution in [0.25, 0.3) is 55.7 Å². The number of benzene rings is 2. The maximum absolute atomic E-state index is 14.7. The highest BCUT2D eigenvalue weighted by Crippen LogP contribution is 2.35. The summed E-state index contributed by atoms with van der Waals surface area (Å²) in [7, 11) is -3.43. The van der Waals surface area contributed by atoms with Crippen LogP contribution in [0.15, 0.2) is 73.1 Å². The number of hydrogen-bond donors (Lipinski definition) is 4. The normalized spacial score (nSPS) is 14.2. The third-order valence-electron chi connectivity index (χ3n) is 8.65. The summed E-state index contributed by atoms with van der Waals surface area (Å²) in [6, 6.07) is 17.9. The quantitative estimate of drug-likeness (QED) is 0.133. The maximum atomic E-state index is 14.7. The first-order chi connectivity index (χ1) is 22.7. The summed E-state index contributed by atoms with van der Waals surface area (Å²) in [5.41, 5.74) is 7.57. The molecule has 0 aliphatic heterocycles. The van der Waals surface area contributed by atoms with E-state index in [4.69, 9.17) is 4.98 Å². The van der Waals surface area contributed by atoms with Gasteiger partial charge in [0.1, 0.15) is 17.0 Å². The van der Waals surface area contributed by atoms with E-state index in [2.05, 4.69) is 30.2 Å². The maximum Gasteiger partial charge on any atom is 0.224 e. The van der Waals surface area contributed by atoms with E-state index in [0.717, 1.165) is 52.3 Å². The van der Waals surface area contributed by atoms with Gasteiger partial charge in [-0.15, -0.1) is 0 Å². The third-order valence-corrected chi connectivity index (χ3v) is 9.32. The molecule has 4 N–H and O–H groups in total. The van der Waals surface area contributed by atoms with Crippen LogP contribution >= 0.6 is 0 Å². The fourth-order valence-corrected chi connectivity index (χ4v) is 6.85. The van der Waals surface area contributed by atoms with Gasteiger partial charge in [-0.05, 0) is 84.0 Å². The molecule has 0 bridgehead atoms. The number of sulfonamides is 1. The Morgan fingerprint density at radius 3 is 2.66 bits per heavy atom. The number of nitrogens with zero attached hydrogens (tertiary/aromatic N) is 3. The number of carbonyl (C=O) groups excluding carboxylic acids is 1. The lowest BCUT2D eigenvalue weighted by Crippen LogP contribution is -2.21. The minimum absolute atomic E-state index is 0.00889. The second-order valence-electron chi connectivity index (χ2n) is 12.3. The van der Waals surface area contributed by atoms with Crippen molar-refractivity contribution in [1.82, 2.24) is 29.9 Å². The molecule has 0 atom stereocenters. The number of amides is 1. The zero-order valence-corrected chi connectivity index (χ0v) is 26.6. The summed E-state index contributed by atoms with van der Waals surface area (Å²) >= 11 is 0. The Bertz CT molecular complexity index is 2220. The average Bonchev–Trinajstić information content (AvgIpc) is 3.68. The summed E-state index contributed by atoms with van der Waals surface area (Å²) in [6.45, 7) is -0.0174. The van der Waals surface area contributed by atoms with Crippen LogP contribution in [0.2, 0.25) is 0 Å². The van der Waals surface area contributed by atoms with E-state index >= 15 is 0 Å². The molecule has 7 rings (SSSR count). The molecule has 0 spiro atoms. The van der Waals surface area contributed by atoms with E-state index in [1.165, 1.54) is 31.4 Å². The Balaban J connectivity index is 1.18. The SMILES string of the molecule is CS(=O)(=O)NCc1cc(F)cc(-c2cccc3[nH]c(-c4n[nH]c5ccc(-c6cncc(NC(=O)CC7CCCCC7)c6)nc45)cc23)c1. The Kier molecular flexibility index (Phi) is 8.29. The largest absolute Gasteiger partial charge is 0.353 e. The van der Waals surface area contributed by atoms with Crippen molar-refractivity contribution in [2.75, 3.05) is 11.6 Å². The van der Waals surface area contributed by atoms with Crippen LogP contribution in [-0.2, 0) is 21.4 Å². The van der Waals surface area contributed by atoms with E-state index in [-0.39, 0.29) is 12.5 Å². The molecule has 1 aliphatic carbocycles. The average molecular weight is 652 g/mol. The van der Waals surface area contributed by atoms with Gasteiger partial charge in [0.25, 0.3) is 0 Å². The zero-order valence-electron chi connectivity index (χ0n) is 25.8. The molecule has 0 radical (unpaired) electrons. The van der Waals surface area contributed by atoms with Crippen molar-refractivity contribution in [1.29, 1.82) is 0 Å². The number of rotatable bonds is 9. The van der Waals surface area contributed by atoms with Gasteiger partial charge in [-0.25, -0.2) is 22.5 Å². The third kappa shape index (κ3) is 6.93. The molecule has 4 heterocycles. The molecule has 0 unspecified atom stereocenters. The lowest BCUT2D eigenvalue weighted by Gasteiger charge is -2.20. The van der Waals surface area contributed by atoms with Crippen molar-refractivity contribution < 1.29 is 17.6 Å². The van der Waals surface area contributed by atoms with Crippen molar-refractivity contribution in [2.45, 2.75) is 45.1 Å². The Hall–Kier alpha value is -4.94. The molecule has 47 heavy (non-hydrogen) atoms. The summed E-state index contributed by atoms with van der Waals surface area (Å²) in [4.78, 5) is 25.5. The van der Waals surface area contributed by atoms with Crippen molar-refractivity contribution in [3.8, 4) is 33.8 Å². The van der Waals surface area contributed by atoms with Crippen molar-refractivity contribution in [3.63, 3.8) is 0 Å². The first-order valence-electron chi connectivity index (χ1n) is 15.7. The predicted octanol–water partition coefficient (Wildman–Crippen LogP) is 6.93. The molecule has 1 amide bonds. The van der Waals surface area contributed by atoms with Crippen LogP contribution < -0.4 is 10.0 Å². The number of H-pyrrole nitrogens is 2. The minimum Gasteiger partial charge on any atom is -0.353 e. The molecule has 2 aromatic carbocycles. The molecule has 6 aromatic rings. The molecule has 10 nitrogen and oxygen atoms in total. The number of aromatic amines is 2. The summed E-state index contributed by atoms with van der Waals surface area (Å²) in [6.07, 6.45) is 10.8. The van der Waals surface area contributed by atoms with Crippen LogP contribution in [0.1, 0.15) is 44.1 Å². The number of aromatic nitrogens is 5. The second-order valence-corrected chi connectivity index (χ2v) is 14.1. The highest BCUT2D eigenvalue weighted by atomic mass is 32.2. The standard InChI is InChI=1S/C35H34FN7O3S/c1-47(45,46)38-18-22-12-23(15-25(36)13-22)27-8-5-9-30-28(27)17-32(40-30)35-34-31(42-43-35)11-10-29(41-34)24-16-26(20-37-19-24)39-33(44)14-21-6-3-2-4-7-21/h5,8-13,15-17,19-21,38,40H,2-4,6-7,14,18H2,1H3,(H,39,44)(H,42,43). The van der Waals surface area contributed by atoms with Gasteiger partial charge in [-0.3, -0.25) is 14.9 Å². The first kappa shape index (κ1) is 30.7. The van der Waals surface area contributed by atoms with Crippen LogP contribution in [0.4, 0.5) is 10.1 Å². The fourth-order valence-electron chi connectivity index (χ4n) is 6.42. The number of pyridine rings is 2. The van der Waals surface area contributed by atoms with Crippen molar-refractivity contribution >= 4 is 43.6 Å². The Morgan fingerprint density at radius 1 is 0.979 bits per heavy atom. The predicted molar refractivity (Wildman–Crippen MR) is 181 cm³/mol. The number of halogens is 1. The second kappa shape index (κ2) is 12.7. The van der Waals surface area contributed by atoms with Crippen molar-refractivity contribution in [2.24, 2.45) is 5.92 Å². The van der Waals surface area contributed by atoms with Crippen LogP contribution in [0.3, 0.4) is 0 Å². The van der Waals surface area contributed by atoms with Gasteiger partial charge in [0, 0.05) is 35.6 Å². The molecule has 1 fully saturated rings. The number of fused-ring (bicyclic) bond motifs is 2. The van der Waals surface area contributed by atoms with Gasteiger partial charge in [-0.1, -0.05) is 31.4 Å². The van der Waals surface area contributed by atoms with Crippen LogP contribution in [0.5, 0.6) is 0 Å². The number of nitrogens with one attached hydrogen (secondary N) is 4. The number of anilines is 1. The molecule has 1 saturated carbocycles. The molecule has 0 saturated heterocycles. The Morgan fingerprint density at radius 2 is 1.83 bits per heavy atom. The highest BCUT2D eigenvalue weighted by Gasteiger charge is 2.19. The van der Waals surface area contributed by atoms with Gasteiger partial charge in [0.2, 0.25) is 15.9 Å². The molecule has 240 valence electrons. The van der Waals surface area contributed by atoms with Gasteiger partial charge in [0.15, 0.2) is 0 Å². The van der Waals surface area contributed by atoms with E-state index < -0.39 is 15.8 Å².